The number of hydrogen-bond donors (Lipinski definition) is 1. The van der Waals surface area contributed by atoms with Crippen LogP contribution in [0.5, 0.6) is 0 Å². The molecule has 1 fully saturated rings. The number of amides is 1. The monoisotopic (exact) mass is 236 g/mol. The van der Waals surface area contributed by atoms with Crippen LogP contribution in [0.15, 0.2) is 16.7 Å². The molecule has 2 N–H and O–H groups in total. The van der Waals surface area contributed by atoms with E-state index in [2.05, 4.69) is 0 Å². The standard InChI is InChI=1S/C13H20N2O2/c1-2-12-11(5-7-17-12)13(16)15-6-3-4-10(8-14)9-15/h5,7,10H,2-4,6,8-9,14H2,1H3. The third kappa shape index (κ3) is 2.52. The van der Waals surface area contributed by atoms with Gasteiger partial charge in [0.25, 0.3) is 5.91 Å². The van der Waals surface area contributed by atoms with Crippen molar-refractivity contribution in [3.63, 3.8) is 0 Å². The van der Waals surface area contributed by atoms with Crippen molar-refractivity contribution in [2.75, 3.05) is 19.6 Å². The summed E-state index contributed by atoms with van der Waals surface area (Å²) in [6.07, 6.45) is 4.53. The van der Waals surface area contributed by atoms with E-state index in [4.69, 9.17) is 10.2 Å². The van der Waals surface area contributed by atoms with Gasteiger partial charge in [0.1, 0.15) is 5.76 Å². The van der Waals surface area contributed by atoms with Crippen LogP contribution in [0.4, 0.5) is 0 Å². The van der Waals surface area contributed by atoms with E-state index in [9.17, 15) is 4.79 Å². The van der Waals surface area contributed by atoms with Gasteiger partial charge in [-0.1, -0.05) is 6.92 Å². The minimum absolute atomic E-state index is 0.0914. The molecule has 1 amide bonds. The van der Waals surface area contributed by atoms with Crippen molar-refractivity contribution < 1.29 is 9.21 Å². The first-order chi connectivity index (χ1) is 8.26. The summed E-state index contributed by atoms with van der Waals surface area (Å²) in [6, 6.07) is 1.77. The van der Waals surface area contributed by atoms with E-state index < -0.39 is 0 Å². The average Bonchev–Trinajstić information content (AvgIpc) is 2.86. The third-order valence-electron chi connectivity index (χ3n) is 3.44. The Morgan fingerprint density at radius 2 is 2.47 bits per heavy atom. The zero-order valence-electron chi connectivity index (χ0n) is 10.3. The Morgan fingerprint density at radius 3 is 3.18 bits per heavy atom. The van der Waals surface area contributed by atoms with Gasteiger partial charge in [-0.3, -0.25) is 4.79 Å². The fourth-order valence-corrected chi connectivity index (χ4v) is 2.42. The highest BCUT2D eigenvalue weighted by Gasteiger charge is 2.25. The van der Waals surface area contributed by atoms with E-state index in [0.717, 1.165) is 38.1 Å². The van der Waals surface area contributed by atoms with Crippen LogP contribution in [0.3, 0.4) is 0 Å². The summed E-state index contributed by atoms with van der Waals surface area (Å²) in [6.45, 7) is 4.28. The highest BCUT2D eigenvalue weighted by molar-refractivity contribution is 5.95. The molecule has 0 aliphatic carbocycles. The van der Waals surface area contributed by atoms with Crippen molar-refractivity contribution in [3.05, 3.63) is 23.7 Å². The van der Waals surface area contributed by atoms with E-state index in [1.807, 2.05) is 11.8 Å². The minimum Gasteiger partial charge on any atom is -0.469 e. The largest absolute Gasteiger partial charge is 0.469 e. The molecule has 1 aromatic rings. The molecule has 1 saturated heterocycles. The average molecular weight is 236 g/mol. The highest BCUT2D eigenvalue weighted by Crippen LogP contribution is 2.20. The van der Waals surface area contributed by atoms with Gasteiger partial charge >= 0.3 is 0 Å². The van der Waals surface area contributed by atoms with Crippen molar-refractivity contribution in [1.82, 2.24) is 4.90 Å². The van der Waals surface area contributed by atoms with Crippen LogP contribution in [0.1, 0.15) is 35.9 Å². The van der Waals surface area contributed by atoms with Gasteiger partial charge in [-0.15, -0.1) is 0 Å². The summed E-state index contributed by atoms with van der Waals surface area (Å²) in [5.41, 5.74) is 6.40. The first kappa shape index (κ1) is 12.2. The van der Waals surface area contributed by atoms with Crippen molar-refractivity contribution in [1.29, 1.82) is 0 Å². The van der Waals surface area contributed by atoms with Crippen molar-refractivity contribution in [2.45, 2.75) is 26.2 Å². The SMILES string of the molecule is CCc1occc1C(=O)N1CCCC(CN)C1. The first-order valence-corrected chi connectivity index (χ1v) is 6.32. The molecule has 4 heteroatoms. The lowest BCUT2D eigenvalue weighted by molar-refractivity contribution is 0.0676. The Bertz CT molecular complexity index is 387. The minimum atomic E-state index is 0.0914. The molecule has 1 aliphatic heterocycles. The Morgan fingerprint density at radius 1 is 1.65 bits per heavy atom. The molecule has 0 saturated carbocycles. The second-order valence-corrected chi connectivity index (χ2v) is 4.61. The van der Waals surface area contributed by atoms with Crippen LogP contribution in [0, 0.1) is 5.92 Å². The lowest BCUT2D eigenvalue weighted by Gasteiger charge is -2.32. The van der Waals surface area contributed by atoms with E-state index in [0.29, 0.717) is 18.0 Å². The molecule has 2 rings (SSSR count). The molecular weight excluding hydrogens is 216 g/mol. The topological polar surface area (TPSA) is 59.5 Å². The molecule has 17 heavy (non-hydrogen) atoms. The molecule has 94 valence electrons. The smallest absolute Gasteiger partial charge is 0.257 e. The zero-order valence-corrected chi connectivity index (χ0v) is 10.3. The summed E-state index contributed by atoms with van der Waals surface area (Å²) >= 11 is 0. The number of piperidine rings is 1. The number of aryl methyl sites for hydroxylation is 1. The highest BCUT2D eigenvalue weighted by atomic mass is 16.3. The van der Waals surface area contributed by atoms with E-state index in [-0.39, 0.29) is 5.91 Å². The summed E-state index contributed by atoms with van der Waals surface area (Å²) in [5.74, 6) is 1.32. The van der Waals surface area contributed by atoms with Crippen LogP contribution in [0.2, 0.25) is 0 Å². The van der Waals surface area contributed by atoms with Crippen LogP contribution in [-0.2, 0) is 6.42 Å². The number of carbonyl (C=O) groups is 1. The summed E-state index contributed by atoms with van der Waals surface area (Å²) < 4.78 is 5.31. The molecule has 0 spiro atoms. The van der Waals surface area contributed by atoms with Gasteiger partial charge in [-0.05, 0) is 31.4 Å². The second kappa shape index (κ2) is 5.36. The van der Waals surface area contributed by atoms with Crippen LogP contribution < -0.4 is 5.73 Å². The van der Waals surface area contributed by atoms with E-state index in [1.165, 1.54) is 0 Å². The first-order valence-electron chi connectivity index (χ1n) is 6.32. The van der Waals surface area contributed by atoms with Gasteiger partial charge in [-0.2, -0.15) is 0 Å². The molecule has 0 bridgehead atoms. The van der Waals surface area contributed by atoms with Gasteiger partial charge in [0, 0.05) is 19.5 Å². The molecule has 1 aromatic heterocycles. The van der Waals surface area contributed by atoms with Crippen molar-refractivity contribution in [3.8, 4) is 0 Å². The maximum absolute atomic E-state index is 12.3. The Kier molecular flexibility index (Phi) is 3.84. The van der Waals surface area contributed by atoms with Gasteiger partial charge in [0.2, 0.25) is 0 Å². The van der Waals surface area contributed by atoms with E-state index >= 15 is 0 Å². The number of carbonyl (C=O) groups excluding carboxylic acids is 1. The van der Waals surface area contributed by atoms with Crippen LogP contribution in [-0.4, -0.2) is 30.4 Å². The van der Waals surface area contributed by atoms with Crippen LogP contribution in [0.25, 0.3) is 0 Å². The van der Waals surface area contributed by atoms with Crippen molar-refractivity contribution >= 4 is 5.91 Å². The number of nitrogens with zero attached hydrogens (tertiary/aromatic N) is 1. The predicted octanol–water partition coefficient (Wildman–Crippen LogP) is 1.65. The Labute approximate surface area is 102 Å². The Balaban J connectivity index is 2.09. The maximum Gasteiger partial charge on any atom is 0.257 e. The summed E-state index contributed by atoms with van der Waals surface area (Å²) in [4.78, 5) is 14.2. The fraction of sp³-hybridized carbons (Fsp3) is 0.615. The zero-order chi connectivity index (χ0) is 12.3. The number of rotatable bonds is 3. The molecule has 1 unspecified atom stereocenters. The quantitative estimate of drug-likeness (QED) is 0.868. The van der Waals surface area contributed by atoms with Gasteiger partial charge < -0.3 is 15.1 Å². The fourth-order valence-electron chi connectivity index (χ4n) is 2.42. The molecule has 0 aromatic carbocycles. The maximum atomic E-state index is 12.3. The molecule has 2 heterocycles. The molecule has 1 aliphatic rings. The number of furan rings is 1. The summed E-state index contributed by atoms with van der Waals surface area (Å²) in [5, 5.41) is 0. The molecular formula is C13H20N2O2. The van der Waals surface area contributed by atoms with Crippen molar-refractivity contribution in [2.24, 2.45) is 11.7 Å². The molecule has 0 radical (unpaired) electrons. The normalized spacial score (nSPS) is 20.6. The Hall–Kier alpha value is -1.29. The predicted molar refractivity (Wildman–Crippen MR) is 65.8 cm³/mol. The number of nitrogens with two attached hydrogens (primary N) is 1. The van der Waals surface area contributed by atoms with Gasteiger partial charge in [-0.25, -0.2) is 0 Å². The molecule has 4 nitrogen and oxygen atoms in total. The van der Waals surface area contributed by atoms with Gasteiger partial charge in [0.05, 0.1) is 11.8 Å². The second-order valence-electron chi connectivity index (χ2n) is 4.61. The lowest BCUT2D eigenvalue weighted by atomic mass is 9.97. The lowest BCUT2D eigenvalue weighted by Crippen LogP contribution is -2.42. The van der Waals surface area contributed by atoms with E-state index in [1.54, 1.807) is 12.3 Å². The molecule has 1 atom stereocenters. The van der Waals surface area contributed by atoms with Crippen LogP contribution >= 0.6 is 0 Å². The third-order valence-corrected chi connectivity index (χ3v) is 3.44. The van der Waals surface area contributed by atoms with Gasteiger partial charge in [0.15, 0.2) is 0 Å². The number of hydrogen-bond acceptors (Lipinski definition) is 3. The number of likely N-dealkylation sites (tertiary alicyclic amines) is 1. The summed E-state index contributed by atoms with van der Waals surface area (Å²) in [7, 11) is 0.